The van der Waals surface area contributed by atoms with E-state index in [-0.39, 0.29) is 43.6 Å². The number of nitrogens with zero attached hydrogens (tertiary/aromatic N) is 2. The van der Waals surface area contributed by atoms with E-state index in [1.807, 2.05) is 0 Å². The molecule has 0 aromatic heterocycles. The number of halogens is 2. The van der Waals surface area contributed by atoms with Crippen molar-refractivity contribution in [2.24, 2.45) is 0 Å². The van der Waals surface area contributed by atoms with E-state index in [1.165, 1.54) is 27.4 Å². The first-order chi connectivity index (χ1) is 19.8. The van der Waals surface area contributed by atoms with Crippen LogP contribution >= 0.6 is 0 Å². The van der Waals surface area contributed by atoms with Crippen LogP contribution in [-0.2, 0) is 30.1 Å². The molecule has 3 heterocycles. The van der Waals surface area contributed by atoms with Crippen LogP contribution in [0.15, 0.2) is 41.3 Å². The molecule has 8 nitrogen and oxygen atoms in total. The Hall–Kier alpha value is -3.04. The summed E-state index contributed by atoms with van der Waals surface area (Å²) in [6.45, 7) is 0.684. The van der Waals surface area contributed by atoms with Gasteiger partial charge in [0.2, 0.25) is 10.0 Å². The highest BCUT2D eigenvalue weighted by Crippen LogP contribution is 2.45. The van der Waals surface area contributed by atoms with Gasteiger partial charge in [0, 0.05) is 18.2 Å². The van der Waals surface area contributed by atoms with Gasteiger partial charge in [-0.2, -0.15) is 4.31 Å². The number of anilines is 1. The van der Waals surface area contributed by atoms with Crippen LogP contribution in [0.1, 0.15) is 56.9 Å². The monoisotopic (exact) mass is 588 g/mol. The van der Waals surface area contributed by atoms with Crippen LogP contribution in [0.25, 0.3) is 0 Å². The minimum Gasteiger partial charge on any atom is -0.489 e. The Bertz CT molecular complexity index is 1410. The van der Waals surface area contributed by atoms with Gasteiger partial charge in [0.1, 0.15) is 12.4 Å². The van der Waals surface area contributed by atoms with Crippen LogP contribution in [0.3, 0.4) is 0 Å². The molecular weight excluding hydrogens is 554 g/mol. The molecule has 3 aliphatic rings. The lowest BCUT2D eigenvalue weighted by Gasteiger charge is -2.29. The second-order valence-corrected chi connectivity index (χ2v) is 12.4. The summed E-state index contributed by atoms with van der Waals surface area (Å²) in [4.78, 5) is 15.1. The minimum absolute atomic E-state index is 0.0160. The molecule has 0 radical (unpaired) electrons. The summed E-state index contributed by atoms with van der Waals surface area (Å²) in [5, 5.41) is 0. The van der Waals surface area contributed by atoms with Crippen molar-refractivity contribution in [2.75, 3.05) is 37.8 Å². The zero-order chi connectivity index (χ0) is 29.0. The first kappa shape index (κ1) is 29.5. The summed E-state index contributed by atoms with van der Waals surface area (Å²) in [6.07, 6.45) is 12.2. The fourth-order valence-electron chi connectivity index (χ4n) is 5.69. The number of ether oxygens (including phenoxy) is 3. The van der Waals surface area contributed by atoms with Crippen LogP contribution in [0.4, 0.5) is 14.5 Å². The molecule has 3 aliphatic heterocycles. The zero-order valence-electron chi connectivity index (χ0n) is 22.8. The predicted octanol–water partition coefficient (Wildman–Crippen LogP) is 4.72. The Kier molecular flexibility index (Phi) is 8.94. The SMILES string of the molecule is C#CCN1C(=O)C2(OCCCCCCCCO2)c2cc(S(=O)(=O)N3CCC[C@H]3COc3ccc(F)cc3F)ccc21. The molecule has 2 saturated heterocycles. The van der Waals surface area contributed by atoms with Crippen LogP contribution in [0.5, 0.6) is 5.75 Å². The van der Waals surface area contributed by atoms with Gasteiger partial charge in [0.15, 0.2) is 11.6 Å². The Morgan fingerprint density at radius 1 is 1.00 bits per heavy atom. The molecule has 5 rings (SSSR count). The summed E-state index contributed by atoms with van der Waals surface area (Å²) in [5.74, 6) is -1.48. The largest absolute Gasteiger partial charge is 0.489 e. The molecule has 0 N–H and O–H groups in total. The van der Waals surface area contributed by atoms with E-state index in [2.05, 4.69) is 5.92 Å². The number of carbonyl (C=O) groups excluding carboxylic acids is 1. The van der Waals surface area contributed by atoms with Gasteiger partial charge in [-0.15, -0.1) is 6.42 Å². The van der Waals surface area contributed by atoms with E-state index >= 15 is 0 Å². The highest BCUT2D eigenvalue weighted by molar-refractivity contribution is 7.89. The maximum atomic E-state index is 14.1. The van der Waals surface area contributed by atoms with Gasteiger partial charge >= 0.3 is 0 Å². The van der Waals surface area contributed by atoms with Gasteiger partial charge in [-0.05, 0) is 56.0 Å². The van der Waals surface area contributed by atoms with Crippen LogP contribution < -0.4 is 9.64 Å². The molecular formula is C30H34F2N2O6S. The number of rotatable bonds is 6. The van der Waals surface area contributed by atoms with E-state index in [0.717, 1.165) is 44.6 Å². The lowest BCUT2D eigenvalue weighted by Crippen LogP contribution is -2.45. The van der Waals surface area contributed by atoms with Crippen LogP contribution in [0.2, 0.25) is 0 Å². The van der Waals surface area contributed by atoms with Crippen molar-refractivity contribution in [3.05, 3.63) is 53.6 Å². The first-order valence-corrected chi connectivity index (χ1v) is 15.5. The maximum Gasteiger partial charge on any atom is 0.293 e. The average molecular weight is 589 g/mol. The van der Waals surface area contributed by atoms with Crippen LogP contribution in [0, 0.1) is 24.0 Å². The molecule has 41 heavy (non-hydrogen) atoms. The van der Waals surface area contributed by atoms with E-state index in [1.54, 1.807) is 6.07 Å². The molecule has 0 unspecified atom stereocenters. The van der Waals surface area contributed by atoms with Gasteiger partial charge in [-0.1, -0.05) is 31.6 Å². The Labute approximate surface area is 239 Å². The zero-order valence-corrected chi connectivity index (χ0v) is 23.6. The molecule has 11 heteroatoms. The summed E-state index contributed by atoms with van der Waals surface area (Å²) >= 11 is 0. The topological polar surface area (TPSA) is 85.4 Å². The van der Waals surface area contributed by atoms with Crippen molar-refractivity contribution in [3.8, 4) is 18.1 Å². The maximum absolute atomic E-state index is 14.1. The highest BCUT2D eigenvalue weighted by Gasteiger charge is 2.54. The van der Waals surface area contributed by atoms with Crippen molar-refractivity contribution < 1.29 is 36.2 Å². The molecule has 0 bridgehead atoms. The molecule has 1 amide bonds. The fourth-order valence-corrected chi connectivity index (χ4v) is 7.40. The Morgan fingerprint density at radius 3 is 2.39 bits per heavy atom. The van der Waals surface area contributed by atoms with Crippen molar-refractivity contribution in [1.29, 1.82) is 0 Å². The molecule has 1 spiro atoms. The normalized spacial score (nSPS) is 21.8. The standard InChI is InChI=1S/C30H34F2N2O6S/c1-2-15-33-27-13-12-24(20-25(27)30(29(33)35)39-17-7-5-3-4-6-8-18-40-30)41(36,37)34-16-9-10-23(34)21-38-28-14-11-22(31)19-26(28)32/h1,11-14,19-20,23H,3-10,15-18,21H2/t23-/m0/s1. The second-order valence-electron chi connectivity index (χ2n) is 10.5. The number of hydrogen-bond donors (Lipinski definition) is 0. The Morgan fingerprint density at radius 2 is 1.71 bits per heavy atom. The van der Waals surface area contributed by atoms with Crippen molar-refractivity contribution in [2.45, 2.75) is 68.1 Å². The lowest BCUT2D eigenvalue weighted by molar-refractivity contribution is -0.233. The van der Waals surface area contributed by atoms with Gasteiger partial charge < -0.3 is 14.2 Å². The second kappa shape index (κ2) is 12.4. The van der Waals surface area contributed by atoms with Gasteiger partial charge in [0.25, 0.3) is 11.7 Å². The summed E-state index contributed by atoms with van der Waals surface area (Å²) in [7, 11) is -4.05. The summed E-state index contributed by atoms with van der Waals surface area (Å²) in [5.41, 5.74) is 0.772. The number of hydrogen-bond acceptors (Lipinski definition) is 6. The summed E-state index contributed by atoms with van der Waals surface area (Å²) in [6, 6.07) is 6.89. The van der Waals surface area contributed by atoms with E-state index in [0.29, 0.717) is 30.2 Å². The third-order valence-electron chi connectivity index (χ3n) is 7.79. The first-order valence-electron chi connectivity index (χ1n) is 14.1. The third kappa shape index (κ3) is 5.84. The smallest absolute Gasteiger partial charge is 0.293 e. The van der Waals surface area contributed by atoms with Crippen LogP contribution in [-0.4, -0.2) is 57.6 Å². The quantitative estimate of drug-likeness (QED) is 0.455. The lowest BCUT2D eigenvalue weighted by atomic mass is 10.1. The number of amides is 1. The molecule has 220 valence electrons. The van der Waals surface area contributed by atoms with Gasteiger partial charge in [-0.25, -0.2) is 17.2 Å². The third-order valence-corrected chi connectivity index (χ3v) is 9.74. The van der Waals surface area contributed by atoms with Crippen molar-refractivity contribution in [3.63, 3.8) is 0 Å². The predicted molar refractivity (Wildman–Crippen MR) is 148 cm³/mol. The highest BCUT2D eigenvalue weighted by atomic mass is 32.2. The van der Waals surface area contributed by atoms with E-state index in [4.69, 9.17) is 20.6 Å². The molecule has 0 aliphatic carbocycles. The molecule has 2 fully saturated rings. The number of benzene rings is 2. The number of fused-ring (bicyclic) bond motifs is 2. The molecule has 1 atom stereocenters. The van der Waals surface area contributed by atoms with Crippen molar-refractivity contribution >= 4 is 21.6 Å². The fraction of sp³-hybridized carbons (Fsp3) is 0.500. The Balaban J connectivity index is 1.45. The number of sulfonamides is 1. The summed E-state index contributed by atoms with van der Waals surface area (Å²) < 4.78 is 74.5. The van der Waals surface area contributed by atoms with Gasteiger partial charge in [0.05, 0.1) is 36.4 Å². The average Bonchev–Trinajstić information content (AvgIpc) is 3.50. The van der Waals surface area contributed by atoms with E-state index in [9.17, 15) is 22.0 Å². The molecule has 2 aromatic rings. The minimum atomic E-state index is -4.05. The number of terminal acetylenes is 1. The van der Waals surface area contributed by atoms with Gasteiger partial charge in [-0.3, -0.25) is 9.69 Å². The molecule has 2 aromatic carbocycles. The van der Waals surface area contributed by atoms with E-state index < -0.39 is 39.4 Å². The van der Waals surface area contributed by atoms with Crippen molar-refractivity contribution in [1.82, 2.24) is 4.31 Å². The number of carbonyl (C=O) groups is 1. The molecule has 0 saturated carbocycles.